The number of anilines is 1. The van der Waals surface area contributed by atoms with E-state index in [4.69, 9.17) is 0 Å². The third-order valence-electron chi connectivity index (χ3n) is 6.20. The highest BCUT2D eigenvalue weighted by Gasteiger charge is 2.50. The maximum Gasteiger partial charge on any atom is 0.254 e. The Hall–Kier alpha value is -2.43. The van der Waals surface area contributed by atoms with E-state index in [2.05, 4.69) is 26.1 Å². The normalized spacial score (nSPS) is 25.0. The first-order chi connectivity index (χ1) is 14.3. The third-order valence-corrected chi connectivity index (χ3v) is 6.20. The van der Waals surface area contributed by atoms with Crippen LogP contribution in [0.15, 0.2) is 36.4 Å². The zero-order valence-electron chi connectivity index (χ0n) is 19.7. The van der Waals surface area contributed by atoms with Gasteiger partial charge < -0.3 is 10.2 Å². The third kappa shape index (κ3) is 6.05. The van der Waals surface area contributed by atoms with Crippen molar-refractivity contribution in [2.45, 2.75) is 73.3 Å². The van der Waals surface area contributed by atoms with Gasteiger partial charge >= 0.3 is 0 Å². The number of hydrogen-bond donors (Lipinski definition) is 1. The molecule has 1 saturated carbocycles. The summed E-state index contributed by atoms with van der Waals surface area (Å²) in [5.41, 5.74) is 1.58. The summed E-state index contributed by atoms with van der Waals surface area (Å²) in [5, 5.41) is 2.74. The zero-order valence-corrected chi connectivity index (χ0v) is 19.7. The molecule has 0 radical (unpaired) electrons. The van der Waals surface area contributed by atoms with Crippen molar-refractivity contribution in [3.05, 3.63) is 42.0 Å². The predicted octanol–water partition coefficient (Wildman–Crippen LogP) is 5.47. The number of ketones is 1. The maximum absolute atomic E-state index is 13.2. The quantitative estimate of drug-likeness (QED) is 0.501. The van der Waals surface area contributed by atoms with Gasteiger partial charge in [0.05, 0.1) is 6.42 Å². The summed E-state index contributed by atoms with van der Waals surface area (Å²) < 4.78 is 0. The molecule has 1 aromatic carbocycles. The summed E-state index contributed by atoms with van der Waals surface area (Å²) in [6, 6.07) is 7.28. The number of benzene rings is 1. The molecule has 0 aromatic heterocycles. The van der Waals surface area contributed by atoms with Crippen LogP contribution in [-0.4, -0.2) is 35.1 Å². The molecule has 2 bridgehead atoms. The molecule has 1 N–H and O–H groups in total. The van der Waals surface area contributed by atoms with Crippen LogP contribution in [0.1, 0.15) is 79.0 Å². The largest absolute Gasteiger partial charge is 0.335 e. The first-order valence-corrected chi connectivity index (χ1v) is 11.2. The number of hydrogen-bond acceptors (Lipinski definition) is 3. The molecule has 1 aliphatic heterocycles. The Morgan fingerprint density at radius 3 is 2.39 bits per heavy atom. The molecule has 2 atom stereocenters. The van der Waals surface area contributed by atoms with Gasteiger partial charge in [0.25, 0.3) is 5.91 Å². The van der Waals surface area contributed by atoms with E-state index in [1.807, 2.05) is 25.7 Å². The standard InChI is InChI=1S/C26H36N2O3.H2/c1-24(2,3)12-11-21(29)13-22(30)27-19-9-7-18(8-10-19)23(31)28-17-26(6)15-20(28)14-25(4,5)16-26;/h7-12,20H,13-17H2,1-6H3,(H,27,30);1H/b12-11-;. The fourth-order valence-electron chi connectivity index (χ4n) is 5.32. The number of allylic oxidation sites excluding steroid dienone is 2. The van der Waals surface area contributed by atoms with Gasteiger partial charge in [0.15, 0.2) is 5.78 Å². The Kier molecular flexibility index (Phi) is 6.18. The summed E-state index contributed by atoms with van der Waals surface area (Å²) in [7, 11) is 0. The number of nitrogens with one attached hydrogen (secondary N) is 1. The van der Waals surface area contributed by atoms with E-state index in [0.717, 1.165) is 25.8 Å². The Bertz CT molecular complexity index is 899. The number of fused-ring (bicyclic) bond motifs is 2. The Balaban J connectivity index is 0.00000363. The zero-order chi connectivity index (χ0) is 23.0. The van der Waals surface area contributed by atoms with E-state index in [1.54, 1.807) is 30.3 Å². The number of amides is 2. The van der Waals surface area contributed by atoms with Crippen molar-refractivity contribution in [2.24, 2.45) is 16.2 Å². The second-order valence-corrected chi connectivity index (χ2v) is 11.6. The lowest BCUT2D eigenvalue weighted by Gasteiger charge is -2.39. The molecule has 2 amide bonds. The van der Waals surface area contributed by atoms with Gasteiger partial charge in [-0.3, -0.25) is 14.4 Å². The van der Waals surface area contributed by atoms with Crippen LogP contribution >= 0.6 is 0 Å². The van der Waals surface area contributed by atoms with Crippen molar-refractivity contribution in [1.82, 2.24) is 4.90 Å². The smallest absolute Gasteiger partial charge is 0.254 e. The van der Waals surface area contributed by atoms with Gasteiger partial charge in [-0.1, -0.05) is 47.6 Å². The monoisotopic (exact) mass is 426 g/mol. The van der Waals surface area contributed by atoms with E-state index in [9.17, 15) is 14.4 Å². The average Bonchev–Trinajstić information content (AvgIpc) is 2.88. The average molecular weight is 427 g/mol. The van der Waals surface area contributed by atoms with Gasteiger partial charge in [0.1, 0.15) is 0 Å². The van der Waals surface area contributed by atoms with Gasteiger partial charge in [-0.15, -0.1) is 0 Å². The lowest BCUT2D eigenvalue weighted by Crippen LogP contribution is -2.37. The van der Waals surface area contributed by atoms with Crippen molar-refractivity contribution in [1.29, 1.82) is 0 Å². The highest BCUT2D eigenvalue weighted by Crippen LogP contribution is 2.52. The number of nitrogens with zero attached hydrogens (tertiary/aromatic N) is 1. The van der Waals surface area contributed by atoms with Crippen molar-refractivity contribution in [3.8, 4) is 0 Å². The molecule has 1 heterocycles. The molecular formula is C26H38N2O3. The van der Waals surface area contributed by atoms with Crippen LogP contribution in [0.3, 0.4) is 0 Å². The lowest BCUT2D eigenvalue weighted by atomic mass is 9.65. The van der Waals surface area contributed by atoms with Crippen LogP contribution < -0.4 is 5.32 Å². The summed E-state index contributed by atoms with van der Waals surface area (Å²) in [5.74, 6) is -0.520. The van der Waals surface area contributed by atoms with E-state index < -0.39 is 0 Å². The Morgan fingerprint density at radius 1 is 1.13 bits per heavy atom. The molecule has 5 heteroatoms. The molecular weight excluding hydrogens is 388 g/mol. The predicted molar refractivity (Wildman–Crippen MR) is 126 cm³/mol. The maximum atomic E-state index is 13.2. The summed E-state index contributed by atoms with van der Waals surface area (Å²) in [6.45, 7) is 13.7. The van der Waals surface area contributed by atoms with Crippen LogP contribution in [0.25, 0.3) is 0 Å². The van der Waals surface area contributed by atoms with Crippen LogP contribution in [0, 0.1) is 16.2 Å². The van der Waals surface area contributed by atoms with Gasteiger partial charge in [0, 0.05) is 25.3 Å². The van der Waals surface area contributed by atoms with Gasteiger partial charge in [-0.05, 0) is 65.8 Å². The minimum atomic E-state index is -0.355. The molecule has 3 rings (SSSR count). The Morgan fingerprint density at radius 2 is 1.77 bits per heavy atom. The van der Waals surface area contributed by atoms with Crippen LogP contribution in [0.5, 0.6) is 0 Å². The second kappa shape index (κ2) is 8.25. The summed E-state index contributed by atoms with van der Waals surface area (Å²) >= 11 is 0. The van der Waals surface area contributed by atoms with Gasteiger partial charge in [-0.2, -0.15) is 0 Å². The van der Waals surface area contributed by atoms with Gasteiger partial charge in [-0.25, -0.2) is 0 Å². The van der Waals surface area contributed by atoms with Crippen LogP contribution in [0.2, 0.25) is 0 Å². The van der Waals surface area contributed by atoms with Crippen molar-refractivity contribution in [3.63, 3.8) is 0 Å². The fourth-order valence-corrected chi connectivity index (χ4v) is 5.32. The van der Waals surface area contributed by atoms with Crippen molar-refractivity contribution >= 4 is 23.3 Å². The first-order valence-electron chi connectivity index (χ1n) is 11.2. The summed E-state index contributed by atoms with van der Waals surface area (Å²) in [6.07, 6.45) is 6.34. The van der Waals surface area contributed by atoms with E-state index >= 15 is 0 Å². The molecule has 170 valence electrons. The SMILES string of the molecule is CC(C)(C)/C=C\C(=O)CC(=O)Nc1ccc(C(=O)N2CC3(C)CC2CC(C)(C)C3)cc1.[HH]. The van der Waals surface area contributed by atoms with Gasteiger partial charge in [0.2, 0.25) is 5.91 Å². The molecule has 2 unspecified atom stereocenters. The molecule has 1 aromatic rings. The number of carbonyl (C=O) groups excluding carboxylic acids is 3. The van der Waals surface area contributed by atoms with Crippen LogP contribution in [-0.2, 0) is 9.59 Å². The minimum absolute atomic E-state index is 0. The molecule has 0 spiro atoms. The first kappa shape index (κ1) is 23.2. The minimum Gasteiger partial charge on any atom is -0.335 e. The molecule has 2 aliphatic rings. The molecule has 2 fully saturated rings. The number of rotatable bonds is 5. The number of carbonyl (C=O) groups is 3. The highest BCUT2D eigenvalue weighted by atomic mass is 16.2. The molecule has 31 heavy (non-hydrogen) atoms. The summed E-state index contributed by atoms with van der Waals surface area (Å²) in [4.78, 5) is 39.3. The molecule has 1 saturated heterocycles. The van der Waals surface area contributed by atoms with Crippen LogP contribution in [0.4, 0.5) is 5.69 Å². The highest BCUT2D eigenvalue weighted by molar-refractivity contribution is 6.08. The van der Waals surface area contributed by atoms with E-state index in [-0.39, 0.29) is 41.7 Å². The fraction of sp³-hybridized carbons (Fsp3) is 0.577. The second-order valence-electron chi connectivity index (χ2n) is 11.6. The van der Waals surface area contributed by atoms with Crippen molar-refractivity contribution < 1.29 is 15.8 Å². The lowest BCUT2D eigenvalue weighted by molar-refractivity contribution is -0.122. The topological polar surface area (TPSA) is 66.5 Å². The molecule has 1 aliphatic carbocycles. The van der Waals surface area contributed by atoms with E-state index in [1.165, 1.54) is 6.08 Å². The Labute approximate surface area is 187 Å². The van der Waals surface area contributed by atoms with Crippen molar-refractivity contribution in [2.75, 3.05) is 11.9 Å². The molecule has 5 nitrogen and oxygen atoms in total. The van der Waals surface area contributed by atoms with E-state index in [0.29, 0.717) is 17.3 Å². The number of likely N-dealkylation sites (tertiary alicyclic amines) is 1.